The molecule has 1 N–H and O–H groups in total. The highest BCUT2D eigenvalue weighted by Gasteiger charge is 2.26. The molecule has 1 saturated heterocycles. The molecule has 2 aromatic rings. The van der Waals surface area contributed by atoms with E-state index in [9.17, 15) is 9.59 Å². The Hall–Kier alpha value is -2.63. The number of anilines is 1. The summed E-state index contributed by atoms with van der Waals surface area (Å²) in [7, 11) is 0. The molecule has 1 aromatic heterocycles. The molecule has 1 amide bonds. The van der Waals surface area contributed by atoms with E-state index in [-0.39, 0.29) is 17.5 Å². The van der Waals surface area contributed by atoms with Gasteiger partial charge >= 0.3 is 0 Å². The lowest BCUT2D eigenvalue weighted by Crippen LogP contribution is -2.33. The molecule has 1 aliphatic rings. The van der Waals surface area contributed by atoms with Crippen molar-refractivity contribution in [3.63, 3.8) is 0 Å². The van der Waals surface area contributed by atoms with E-state index in [1.165, 1.54) is 5.56 Å². The van der Waals surface area contributed by atoms with Crippen molar-refractivity contribution in [3.8, 4) is 0 Å². The predicted molar refractivity (Wildman–Crippen MR) is 97.5 cm³/mol. The van der Waals surface area contributed by atoms with Crippen LogP contribution in [0.3, 0.4) is 0 Å². The Labute approximate surface area is 147 Å². The third-order valence-electron chi connectivity index (χ3n) is 4.61. The number of rotatable bonds is 6. The first-order valence-corrected chi connectivity index (χ1v) is 8.81. The Morgan fingerprint density at radius 3 is 2.88 bits per heavy atom. The molecule has 0 bridgehead atoms. The molecule has 1 fully saturated rings. The molecule has 25 heavy (non-hydrogen) atoms. The molecule has 0 radical (unpaired) electrons. The highest BCUT2D eigenvalue weighted by atomic mass is 16.2. The van der Waals surface area contributed by atoms with Gasteiger partial charge in [0, 0.05) is 44.5 Å². The topological polar surface area (TPSA) is 67.2 Å². The quantitative estimate of drug-likeness (QED) is 0.872. The van der Waals surface area contributed by atoms with E-state index in [1.807, 2.05) is 42.2 Å². The van der Waals surface area contributed by atoms with Gasteiger partial charge in [-0.3, -0.25) is 9.59 Å². The molecule has 3 rings (SSSR count). The van der Waals surface area contributed by atoms with Crippen molar-refractivity contribution >= 4 is 11.7 Å². The summed E-state index contributed by atoms with van der Waals surface area (Å²) in [4.78, 5) is 30.6. The van der Waals surface area contributed by atoms with E-state index in [0.717, 1.165) is 19.4 Å². The van der Waals surface area contributed by atoms with Crippen molar-refractivity contribution < 1.29 is 4.79 Å². The minimum absolute atomic E-state index is 0.0774. The summed E-state index contributed by atoms with van der Waals surface area (Å²) < 4.78 is 1.62. The number of likely N-dealkylation sites (tertiary alicyclic amines) is 1. The number of nitrogens with one attached hydrogen (secondary N) is 1. The number of hydrogen-bond donors (Lipinski definition) is 1. The van der Waals surface area contributed by atoms with E-state index >= 15 is 0 Å². The zero-order chi connectivity index (χ0) is 17.6. The summed E-state index contributed by atoms with van der Waals surface area (Å²) in [6.45, 7) is 3.88. The fraction of sp³-hybridized carbons (Fsp3) is 0.421. The number of nitrogens with zero attached hydrogens (tertiary/aromatic N) is 3. The lowest BCUT2D eigenvalue weighted by atomic mass is 10.1. The van der Waals surface area contributed by atoms with Gasteiger partial charge in [-0.1, -0.05) is 30.3 Å². The number of carbonyl (C=O) groups excluding carboxylic acids is 1. The van der Waals surface area contributed by atoms with Gasteiger partial charge in [0.1, 0.15) is 0 Å². The lowest BCUT2D eigenvalue weighted by Gasteiger charge is -2.17. The van der Waals surface area contributed by atoms with Gasteiger partial charge in [0.2, 0.25) is 5.91 Å². The Kier molecular flexibility index (Phi) is 5.48. The molecule has 0 spiro atoms. The maximum absolute atomic E-state index is 12.4. The Morgan fingerprint density at radius 2 is 2.12 bits per heavy atom. The van der Waals surface area contributed by atoms with E-state index < -0.39 is 0 Å². The van der Waals surface area contributed by atoms with Gasteiger partial charge in [0.05, 0.1) is 0 Å². The van der Waals surface area contributed by atoms with Crippen LogP contribution in [0.15, 0.2) is 47.5 Å². The normalized spacial score (nSPS) is 16.8. The minimum Gasteiger partial charge on any atom is -0.361 e. The molecule has 2 heterocycles. The average molecular weight is 340 g/mol. The molecule has 0 unspecified atom stereocenters. The van der Waals surface area contributed by atoms with Crippen molar-refractivity contribution in [2.24, 2.45) is 0 Å². The lowest BCUT2D eigenvalue weighted by molar-refractivity contribution is -0.130. The molecule has 0 aliphatic carbocycles. The van der Waals surface area contributed by atoms with Gasteiger partial charge in [-0.15, -0.1) is 0 Å². The highest BCUT2D eigenvalue weighted by molar-refractivity contribution is 5.76. The number of carbonyl (C=O) groups is 1. The monoisotopic (exact) mass is 340 g/mol. The maximum Gasteiger partial charge on any atom is 0.293 e. The van der Waals surface area contributed by atoms with E-state index in [2.05, 4.69) is 10.3 Å². The predicted octanol–water partition coefficient (Wildman–Crippen LogP) is 1.91. The van der Waals surface area contributed by atoms with Gasteiger partial charge in [0.25, 0.3) is 5.56 Å². The zero-order valence-corrected chi connectivity index (χ0v) is 14.5. The number of amides is 1. The fourth-order valence-corrected chi connectivity index (χ4v) is 3.15. The van der Waals surface area contributed by atoms with Crippen molar-refractivity contribution in [1.29, 1.82) is 0 Å². The number of aryl methyl sites for hydroxylation is 2. The van der Waals surface area contributed by atoms with Gasteiger partial charge in [-0.2, -0.15) is 0 Å². The van der Waals surface area contributed by atoms with Gasteiger partial charge in [-0.25, -0.2) is 4.98 Å². The van der Waals surface area contributed by atoms with Crippen molar-refractivity contribution in [2.75, 3.05) is 18.4 Å². The summed E-state index contributed by atoms with van der Waals surface area (Å²) in [5, 5.41) is 3.20. The summed E-state index contributed by atoms with van der Waals surface area (Å²) in [5.74, 6) is 0.535. The first kappa shape index (κ1) is 17.2. The van der Waals surface area contributed by atoms with E-state index in [1.54, 1.807) is 17.0 Å². The van der Waals surface area contributed by atoms with Crippen LogP contribution in [0.5, 0.6) is 0 Å². The van der Waals surface area contributed by atoms with Crippen LogP contribution < -0.4 is 10.9 Å². The zero-order valence-electron chi connectivity index (χ0n) is 14.5. The van der Waals surface area contributed by atoms with Crippen LogP contribution in [-0.4, -0.2) is 39.5 Å². The van der Waals surface area contributed by atoms with Crippen LogP contribution in [0.25, 0.3) is 0 Å². The Morgan fingerprint density at radius 1 is 1.32 bits per heavy atom. The van der Waals surface area contributed by atoms with Gasteiger partial charge in [-0.05, 0) is 25.3 Å². The van der Waals surface area contributed by atoms with Crippen LogP contribution in [0.2, 0.25) is 0 Å². The van der Waals surface area contributed by atoms with Gasteiger partial charge in [0.15, 0.2) is 5.82 Å². The van der Waals surface area contributed by atoms with Crippen LogP contribution in [-0.2, 0) is 17.8 Å². The highest BCUT2D eigenvalue weighted by Crippen LogP contribution is 2.15. The summed E-state index contributed by atoms with van der Waals surface area (Å²) in [6.07, 6.45) is 5.42. The molecular formula is C19H24N4O2. The van der Waals surface area contributed by atoms with Crippen molar-refractivity contribution in [2.45, 2.75) is 38.8 Å². The SMILES string of the molecule is CCn1ccnc(N[C@H]2CCN(C(=O)CCc3ccccc3)C2)c1=O. The molecule has 6 nitrogen and oxygen atoms in total. The van der Waals surface area contributed by atoms with E-state index in [4.69, 9.17) is 0 Å². The Bertz CT molecular complexity index is 772. The largest absolute Gasteiger partial charge is 0.361 e. The molecular weight excluding hydrogens is 316 g/mol. The summed E-state index contributed by atoms with van der Waals surface area (Å²) in [5.41, 5.74) is 1.07. The van der Waals surface area contributed by atoms with Crippen LogP contribution in [0.4, 0.5) is 5.82 Å². The van der Waals surface area contributed by atoms with Crippen molar-refractivity contribution in [3.05, 3.63) is 58.6 Å². The average Bonchev–Trinajstić information content (AvgIpc) is 3.11. The maximum atomic E-state index is 12.4. The Balaban J connectivity index is 1.53. The fourth-order valence-electron chi connectivity index (χ4n) is 3.15. The van der Waals surface area contributed by atoms with Crippen LogP contribution >= 0.6 is 0 Å². The van der Waals surface area contributed by atoms with Gasteiger partial charge < -0.3 is 14.8 Å². The standard InChI is InChI=1S/C19H24N4O2/c1-2-22-13-11-20-18(19(22)25)21-16-10-12-23(14-16)17(24)9-8-15-6-4-3-5-7-15/h3-7,11,13,16H,2,8-10,12,14H2,1H3,(H,20,21)/t16-/m0/s1. The van der Waals surface area contributed by atoms with E-state index in [0.29, 0.717) is 25.3 Å². The van der Waals surface area contributed by atoms with Crippen molar-refractivity contribution in [1.82, 2.24) is 14.5 Å². The minimum atomic E-state index is -0.112. The molecule has 132 valence electrons. The summed E-state index contributed by atoms with van der Waals surface area (Å²) >= 11 is 0. The molecule has 0 saturated carbocycles. The first-order valence-electron chi connectivity index (χ1n) is 8.81. The number of benzene rings is 1. The second-order valence-electron chi connectivity index (χ2n) is 6.32. The second-order valence-corrected chi connectivity index (χ2v) is 6.32. The molecule has 1 aliphatic heterocycles. The van der Waals surface area contributed by atoms with Crippen LogP contribution in [0.1, 0.15) is 25.3 Å². The number of aromatic nitrogens is 2. The third-order valence-corrected chi connectivity index (χ3v) is 4.61. The smallest absolute Gasteiger partial charge is 0.293 e. The van der Waals surface area contributed by atoms with Crippen LogP contribution in [0, 0.1) is 0 Å². The third kappa shape index (κ3) is 4.26. The second kappa shape index (κ2) is 7.96. The molecule has 1 aromatic carbocycles. The number of hydrogen-bond acceptors (Lipinski definition) is 4. The first-order chi connectivity index (χ1) is 12.2. The molecule has 6 heteroatoms. The molecule has 1 atom stereocenters. The summed E-state index contributed by atoms with van der Waals surface area (Å²) in [6, 6.07) is 10.1.